The molecule has 0 bridgehead atoms. The second-order valence-electron chi connectivity index (χ2n) is 20.8. The minimum absolute atomic E-state index is 0. The third kappa shape index (κ3) is 29.2. The number of Topliss-reactive ketones (excluding diaryl/α,β-unsaturated/α-hetero) is 1. The van der Waals surface area contributed by atoms with Gasteiger partial charge in [-0.25, -0.2) is 24.4 Å². The van der Waals surface area contributed by atoms with Crippen LogP contribution in [0.3, 0.4) is 0 Å². The number of aryl methyl sites for hydroxylation is 3. The van der Waals surface area contributed by atoms with E-state index in [0.717, 1.165) is 55.7 Å². The number of nitrogen functional groups attached to an aromatic ring is 1. The third-order valence-electron chi connectivity index (χ3n) is 13.6. The molecule has 0 spiro atoms. The smallest absolute Gasteiger partial charge is 0.870 e. The average molecular weight is 1210 g/mol. The minimum Gasteiger partial charge on any atom is -0.870 e. The number of pyridine rings is 2. The summed E-state index contributed by atoms with van der Waals surface area (Å²) in [6.07, 6.45) is 23.1. The number of hydrogen-bond donors (Lipinski definition) is 7. The maximum atomic E-state index is 13.0. The fraction of sp³-hybridized carbons (Fsp3) is 0.561. The van der Waals surface area contributed by atoms with E-state index in [1.54, 1.807) is 43.8 Å². The molecule has 10 N–H and O–H groups in total. The topological polar surface area (TPSA) is 361 Å². The van der Waals surface area contributed by atoms with Crippen molar-refractivity contribution >= 4 is 62.6 Å². The van der Waals surface area contributed by atoms with Gasteiger partial charge in [0, 0.05) is 64.3 Å². The summed E-state index contributed by atoms with van der Waals surface area (Å²) in [6, 6.07) is 5.67. The Morgan fingerprint density at radius 2 is 1.11 bits per heavy atom. The summed E-state index contributed by atoms with van der Waals surface area (Å²) in [5.74, 6) is 0.131. The summed E-state index contributed by atoms with van der Waals surface area (Å²) in [7, 11) is 0. The molecule has 5 aromatic heterocycles. The van der Waals surface area contributed by atoms with Crippen molar-refractivity contribution in [1.82, 2.24) is 19.1 Å². The molecule has 0 amide bonds. The Kier molecular flexibility index (Phi) is 36.4. The zero-order chi connectivity index (χ0) is 59.3. The average Bonchev–Trinajstić information content (AvgIpc) is 4.24. The number of carboxylic acids is 2. The van der Waals surface area contributed by atoms with Crippen LogP contribution in [-0.4, -0.2) is 85.9 Å². The molecule has 8 rings (SSSR count). The van der Waals surface area contributed by atoms with E-state index in [-0.39, 0.29) is 70.0 Å². The summed E-state index contributed by atoms with van der Waals surface area (Å²) in [4.78, 5) is 87.7. The van der Waals surface area contributed by atoms with Gasteiger partial charge in [-0.2, -0.15) is 0 Å². The molecule has 3 aliphatic carbocycles. The summed E-state index contributed by atoms with van der Waals surface area (Å²) in [6.45, 7) is 9.31. The Balaban J connectivity index is 0.000000525. The van der Waals surface area contributed by atoms with E-state index in [0.29, 0.717) is 71.8 Å². The van der Waals surface area contributed by atoms with Crippen LogP contribution in [0.25, 0.3) is 0 Å². The predicted molar refractivity (Wildman–Crippen MR) is 312 cm³/mol. The van der Waals surface area contributed by atoms with E-state index < -0.39 is 46.7 Å². The molecule has 3 aliphatic rings. The number of carbonyl (C=O) groups excluding carboxylic acids is 2. The summed E-state index contributed by atoms with van der Waals surface area (Å²) in [5.41, 5.74) is 9.73. The number of thiazole rings is 2. The quantitative estimate of drug-likeness (QED) is 0.0390. The molecule has 3 unspecified atom stereocenters. The predicted octanol–water partition coefficient (Wildman–Crippen LogP) is 7.69. The number of carboxylic acid groups (broad SMARTS) is 2. The maximum absolute atomic E-state index is 13.0. The minimum atomic E-state index is -0.980. The van der Waals surface area contributed by atoms with Crippen LogP contribution in [0.5, 0.6) is 17.2 Å². The molecule has 82 heavy (non-hydrogen) atoms. The number of rotatable bonds is 15. The first-order valence-electron chi connectivity index (χ1n) is 27.2. The van der Waals surface area contributed by atoms with E-state index in [1.165, 1.54) is 103 Å². The van der Waals surface area contributed by atoms with Gasteiger partial charge in [0.1, 0.15) is 35.1 Å². The van der Waals surface area contributed by atoms with E-state index in [4.69, 9.17) is 33.3 Å². The van der Waals surface area contributed by atoms with Crippen molar-refractivity contribution in [3.05, 3.63) is 113 Å². The molecule has 0 saturated heterocycles. The van der Waals surface area contributed by atoms with Crippen LogP contribution in [0.4, 0.5) is 9.93 Å². The zero-order valence-electron chi connectivity index (χ0n) is 48.0. The van der Waals surface area contributed by atoms with Crippen LogP contribution >= 0.6 is 34.3 Å². The Morgan fingerprint density at radius 1 is 0.671 bits per heavy atom. The molecule has 3 fully saturated rings. The van der Waals surface area contributed by atoms with E-state index >= 15 is 0 Å². The molecule has 0 radical (unpaired) electrons. The van der Waals surface area contributed by atoms with E-state index in [2.05, 4.69) is 19.1 Å². The second-order valence-corrected chi connectivity index (χ2v) is 23.0. The molecule has 25 heteroatoms. The number of ketones is 1. The van der Waals surface area contributed by atoms with E-state index in [9.17, 15) is 48.9 Å². The SMILES string of the molecule is CC(C)COC(=O)Cl.Cc1cc(O)cc(=O)n1C(CC1CCCCC1)C(=O)Cc1nccs1.Cc1cc(O)cc(=O)n1C(CC1CCCCC1)C(=O)O.Cc1cc(O)cc(=O)o1.NC(CC1CCCCC1)C(=O)O.Nc1nccs1.[Na+].[OH-]. The summed E-state index contributed by atoms with van der Waals surface area (Å²) < 4.78 is 11.8. The van der Waals surface area contributed by atoms with Gasteiger partial charge in [-0.1, -0.05) is 110 Å². The first-order chi connectivity index (χ1) is 37.9. The Hall–Kier alpha value is -5.40. The van der Waals surface area contributed by atoms with Crippen molar-refractivity contribution in [3.63, 3.8) is 0 Å². The number of ether oxygens (including phenoxy) is 1. The standard InChI is InChI=1S/C19H24N2O3S.C15H21NO4.C9H17NO2.C6H6O3.C5H9ClO2.C3H4N2S.Na.H2O/c1-13-9-15(22)11-19(24)21(13)16(10-14-5-3-2-4-6-14)17(23)12-18-20-7-8-25-18;1-10-7-12(17)9-14(18)16(10)13(15(19)20)8-11-5-3-2-4-6-11;10-8(9(11)12)6-7-4-2-1-3-5-7;1-4-2-5(7)3-6(8)9-4;1-4(2)3-8-5(6)7;4-3-5-1-2-6-3;;/h7-9,11,14,16,22H,2-6,10,12H2,1H3;7,9,11,13,17H,2-6,8H2,1H3,(H,19,20);7-8H,1-6,10H2,(H,11,12);2-3,7H,1H3;4H,3H2,1-2H3;1-2H,(H2,4,5);;1H2/q;;;;;;+1;/p-1. The normalized spacial score (nSPS) is 15.3. The fourth-order valence-electron chi connectivity index (χ4n) is 9.91. The Morgan fingerprint density at radius 3 is 1.45 bits per heavy atom. The van der Waals surface area contributed by atoms with Crippen molar-refractivity contribution in [1.29, 1.82) is 0 Å². The van der Waals surface area contributed by atoms with Gasteiger partial charge in [0.25, 0.3) is 11.1 Å². The zero-order valence-corrected chi connectivity index (χ0v) is 52.3. The van der Waals surface area contributed by atoms with Crippen molar-refractivity contribution in [2.45, 2.75) is 175 Å². The van der Waals surface area contributed by atoms with Crippen LogP contribution in [0.1, 0.15) is 164 Å². The van der Waals surface area contributed by atoms with Gasteiger partial charge in [0.05, 0.1) is 30.1 Å². The number of hydrogen-bond acceptors (Lipinski definition) is 19. The number of nitrogens with two attached hydrogens (primary N) is 2. The van der Waals surface area contributed by atoms with Crippen LogP contribution < -0.4 is 57.8 Å². The van der Waals surface area contributed by atoms with Crippen molar-refractivity contribution < 1.29 is 88.9 Å². The van der Waals surface area contributed by atoms with E-state index in [1.807, 2.05) is 24.6 Å². The second kappa shape index (κ2) is 40.0. The summed E-state index contributed by atoms with van der Waals surface area (Å²) in [5, 5.41) is 51.0. The third-order valence-corrected chi connectivity index (χ3v) is 15.1. The number of anilines is 1. The maximum Gasteiger partial charge on any atom is 1.00 e. The Labute approximate surface area is 513 Å². The van der Waals surface area contributed by atoms with Gasteiger partial charge in [0.2, 0.25) is 0 Å². The van der Waals surface area contributed by atoms with Gasteiger partial charge in [0.15, 0.2) is 10.9 Å². The van der Waals surface area contributed by atoms with Gasteiger partial charge in [-0.15, -0.1) is 22.7 Å². The molecule has 21 nitrogen and oxygen atoms in total. The molecule has 5 aromatic rings. The van der Waals surface area contributed by atoms with Crippen LogP contribution in [0.15, 0.2) is 78.4 Å². The molecule has 5 heterocycles. The van der Waals surface area contributed by atoms with Crippen LogP contribution in [0.2, 0.25) is 0 Å². The largest absolute Gasteiger partial charge is 1.00 e. The molecule has 0 aliphatic heterocycles. The Bertz CT molecular complexity index is 2810. The van der Waals surface area contributed by atoms with Gasteiger partial charge in [-0.05, 0) is 75.8 Å². The monoisotopic (exact) mass is 1210 g/mol. The molecule has 3 atom stereocenters. The molecule has 3 saturated carbocycles. The number of aromatic hydroxyl groups is 3. The van der Waals surface area contributed by atoms with Crippen molar-refractivity contribution in [2.24, 2.45) is 29.4 Å². The van der Waals surface area contributed by atoms with Gasteiger partial charge in [-0.3, -0.25) is 23.7 Å². The first-order valence-corrected chi connectivity index (χ1v) is 29.3. The van der Waals surface area contributed by atoms with Crippen LogP contribution in [0, 0.1) is 44.4 Å². The van der Waals surface area contributed by atoms with Crippen molar-refractivity contribution in [2.75, 3.05) is 12.3 Å². The molecular formula is C57H82ClN6NaO15S2. The molecular weight excluding hydrogens is 1130 g/mol. The van der Waals surface area contributed by atoms with Gasteiger partial charge >= 0.3 is 52.5 Å². The number of carbonyl (C=O) groups is 4. The number of aliphatic carboxylic acids is 2. The first kappa shape index (κ1) is 74.6. The van der Waals surface area contributed by atoms with Crippen molar-refractivity contribution in [3.8, 4) is 17.2 Å². The summed E-state index contributed by atoms with van der Waals surface area (Å²) >= 11 is 7.77. The van der Waals surface area contributed by atoms with Gasteiger partial charge < -0.3 is 56.2 Å². The number of halogens is 1. The van der Waals surface area contributed by atoms with Crippen LogP contribution in [-0.2, 0) is 25.5 Å². The number of nitrogens with zero attached hydrogens (tertiary/aromatic N) is 4. The number of aromatic nitrogens is 4. The molecule has 0 aromatic carbocycles. The fourth-order valence-corrected chi connectivity index (χ4v) is 11.0. The molecule has 450 valence electrons.